The Morgan fingerprint density at radius 2 is 2.40 bits per heavy atom. The van der Waals surface area contributed by atoms with Gasteiger partial charge in [-0.3, -0.25) is 0 Å². The van der Waals surface area contributed by atoms with E-state index in [0.717, 1.165) is 0 Å². The highest BCUT2D eigenvalue weighted by atomic mass is 16.4. The lowest BCUT2D eigenvalue weighted by Crippen LogP contribution is -2.21. The summed E-state index contributed by atoms with van der Waals surface area (Å²) in [7, 11) is 0. The quantitative estimate of drug-likeness (QED) is 0.420. The molecule has 0 unspecified atom stereocenters. The zero-order valence-corrected chi connectivity index (χ0v) is 5.53. The van der Waals surface area contributed by atoms with Gasteiger partial charge >= 0.3 is 6.01 Å². The lowest BCUT2D eigenvalue weighted by molar-refractivity contribution is 0.538. The summed E-state index contributed by atoms with van der Waals surface area (Å²) < 4.78 is 4.94. The number of rotatable bonds is 1. The lowest BCUT2D eigenvalue weighted by atomic mass is 10.6. The van der Waals surface area contributed by atoms with E-state index in [1.807, 2.05) is 0 Å². The van der Waals surface area contributed by atoms with Gasteiger partial charge in [0.2, 0.25) is 0 Å². The molecule has 0 saturated carbocycles. The molecule has 5 heteroatoms. The fourth-order valence-corrected chi connectivity index (χ4v) is 0.505. The monoisotopic (exact) mass is 140 g/mol. The summed E-state index contributed by atoms with van der Waals surface area (Å²) in [6, 6.07) is 0.192. The highest BCUT2D eigenvalue weighted by Crippen LogP contribution is 2.09. The Bertz CT molecular complexity index is 248. The summed E-state index contributed by atoms with van der Waals surface area (Å²) in [5, 5.41) is 0. The predicted octanol–water partition coefficient (Wildman–Crippen LogP) is -0.112. The van der Waals surface area contributed by atoms with Crippen molar-refractivity contribution in [3.63, 3.8) is 0 Å². The van der Waals surface area contributed by atoms with Gasteiger partial charge < -0.3 is 15.9 Å². The molecule has 0 radical (unpaired) electrons. The fourth-order valence-electron chi connectivity index (χ4n) is 0.505. The van der Waals surface area contributed by atoms with Crippen molar-refractivity contribution in [2.24, 2.45) is 16.5 Å². The first-order valence-corrected chi connectivity index (χ1v) is 2.70. The van der Waals surface area contributed by atoms with Crippen molar-refractivity contribution in [3.8, 4) is 0 Å². The van der Waals surface area contributed by atoms with Crippen LogP contribution in [0.15, 0.2) is 15.6 Å². The Balaban J connectivity index is 2.86. The minimum absolute atomic E-state index is 0.0538. The topological polar surface area (TPSA) is 90.4 Å². The second-order valence-corrected chi connectivity index (χ2v) is 1.79. The first-order valence-electron chi connectivity index (χ1n) is 2.70. The molecule has 5 nitrogen and oxygen atoms in total. The van der Waals surface area contributed by atoms with Crippen molar-refractivity contribution in [2.75, 3.05) is 0 Å². The minimum Gasteiger partial charge on any atom is -0.427 e. The standard InChI is InChI=1S/C5H8N4O/c1-3-2-8-5(10-3)9-4(6)7/h2H,1H3,(H4,6,7,8,9). The van der Waals surface area contributed by atoms with E-state index in [1.54, 1.807) is 13.1 Å². The number of aliphatic imine (C=N–C) groups is 1. The van der Waals surface area contributed by atoms with Gasteiger partial charge in [-0.05, 0) is 6.92 Å². The van der Waals surface area contributed by atoms with Crippen LogP contribution in [0.3, 0.4) is 0 Å². The molecule has 0 aliphatic carbocycles. The van der Waals surface area contributed by atoms with E-state index in [1.165, 1.54) is 0 Å². The SMILES string of the molecule is Cc1cnc(N=C(N)N)o1. The van der Waals surface area contributed by atoms with Crippen LogP contribution < -0.4 is 11.5 Å². The maximum atomic E-state index is 5.06. The van der Waals surface area contributed by atoms with Crippen molar-refractivity contribution < 1.29 is 4.42 Å². The maximum Gasteiger partial charge on any atom is 0.324 e. The van der Waals surface area contributed by atoms with Crippen molar-refractivity contribution in [1.29, 1.82) is 0 Å². The lowest BCUT2D eigenvalue weighted by Gasteiger charge is -1.84. The Kier molecular flexibility index (Phi) is 1.57. The fraction of sp³-hybridized carbons (Fsp3) is 0.200. The Morgan fingerprint density at radius 3 is 2.80 bits per heavy atom. The van der Waals surface area contributed by atoms with Gasteiger partial charge in [0, 0.05) is 0 Å². The molecule has 0 amide bonds. The summed E-state index contributed by atoms with van der Waals surface area (Å²) in [5.41, 5.74) is 10.1. The normalized spacial score (nSPS) is 9.30. The number of aromatic nitrogens is 1. The van der Waals surface area contributed by atoms with E-state index in [4.69, 9.17) is 15.9 Å². The van der Waals surface area contributed by atoms with E-state index in [0.29, 0.717) is 5.76 Å². The Hall–Kier alpha value is -1.52. The van der Waals surface area contributed by atoms with E-state index in [9.17, 15) is 0 Å². The molecule has 0 saturated heterocycles. The molecule has 0 aliphatic rings. The molecular weight excluding hydrogens is 132 g/mol. The largest absolute Gasteiger partial charge is 0.427 e. The summed E-state index contributed by atoms with van der Waals surface area (Å²) in [6.45, 7) is 1.76. The third-order valence-electron chi connectivity index (χ3n) is 0.834. The van der Waals surface area contributed by atoms with Gasteiger partial charge in [0.05, 0.1) is 6.20 Å². The zero-order valence-electron chi connectivity index (χ0n) is 5.53. The van der Waals surface area contributed by atoms with Gasteiger partial charge in [-0.25, -0.2) is 0 Å². The molecule has 0 fully saturated rings. The van der Waals surface area contributed by atoms with Crippen LogP contribution >= 0.6 is 0 Å². The molecule has 0 aromatic carbocycles. The number of nitrogens with two attached hydrogens (primary N) is 2. The highest BCUT2D eigenvalue weighted by Gasteiger charge is 1.95. The van der Waals surface area contributed by atoms with Crippen molar-refractivity contribution in [2.45, 2.75) is 6.92 Å². The number of oxazole rings is 1. The van der Waals surface area contributed by atoms with Crippen LogP contribution in [0.25, 0.3) is 0 Å². The van der Waals surface area contributed by atoms with Crippen LogP contribution in [-0.4, -0.2) is 10.9 Å². The van der Waals surface area contributed by atoms with Crippen LogP contribution in [0.5, 0.6) is 0 Å². The molecule has 1 rings (SSSR count). The highest BCUT2D eigenvalue weighted by molar-refractivity contribution is 5.77. The third kappa shape index (κ3) is 1.48. The van der Waals surface area contributed by atoms with Gasteiger partial charge in [-0.15, -0.1) is 0 Å². The molecule has 4 N–H and O–H groups in total. The second kappa shape index (κ2) is 2.38. The van der Waals surface area contributed by atoms with E-state index in [2.05, 4.69) is 9.98 Å². The molecule has 54 valence electrons. The second-order valence-electron chi connectivity index (χ2n) is 1.79. The van der Waals surface area contributed by atoms with Gasteiger partial charge in [0.25, 0.3) is 0 Å². The smallest absolute Gasteiger partial charge is 0.324 e. The minimum atomic E-state index is -0.0538. The van der Waals surface area contributed by atoms with Crippen LogP contribution in [0.1, 0.15) is 5.76 Å². The summed E-state index contributed by atoms with van der Waals surface area (Å²) >= 11 is 0. The number of hydrogen-bond donors (Lipinski definition) is 2. The molecule has 0 bridgehead atoms. The third-order valence-corrected chi connectivity index (χ3v) is 0.834. The van der Waals surface area contributed by atoms with Gasteiger partial charge in [0.15, 0.2) is 5.96 Å². The van der Waals surface area contributed by atoms with Crippen molar-refractivity contribution in [3.05, 3.63) is 12.0 Å². The zero-order chi connectivity index (χ0) is 7.56. The maximum absolute atomic E-state index is 5.06. The van der Waals surface area contributed by atoms with Crippen LogP contribution in [0.2, 0.25) is 0 Å². The average Bonchev–Trinajstić information content (AvgIpc) is 2.13. The summed E-state index contributed by atoms with van der Waals surface area (Å²) in [4.78, 5) is 7.32. The molecular formula is C5H8N4O. The molecule has 1 aromatic heterocycles. The van der Waals surface area contributed by atoms with Gasteiger partial charge in [0.1, 0.15) is 5.76 Å². The van der Waals surface area contributed by atoms with E-state index < -0.39 is 0 Å². The average molecular weight is 140 g/mol. The van der Waals surface area contributed by atoms with Gasteiger partial charge in [-0.1, -0.05) is 0 Å². The van der Waals surface area contributed by atoms with Crippen LogP contribution in [0, 0.1) is 6.92 Å². The van der Waals surface area contributed by atoms with E-state index >= 15 is 0 Å². The summed E-state index contributed by atoms with van der Waals surface area (Å²) in [6.07, 6.45) is 1.54. The first-order chi connectivity index (χ1) is 4.68. The first kappa shape index (κ1) is 6.60. The van der Waals surface area contributed by atoms with Crippen LogP contribution in [-0.2, 0) is 0 Å². The van der Waals surface area contributed by atoms with E-state index in [-0.39, 0.29) is 12.0 Å². The molecule has 0 spiro atoms. The predicted molar refractivity (Wildman–Crippen MR) is 36.7 cm³/mol. The van der Waals surface area contributed by atoms with Crippen molar-refractivity contribution in [1.82, 2.24) is 4.98 Å². The number of guanidine groups is 1. The number of hydrogen-bond acceptors (Lipinski definition) is 3. The Labute approximate surface area is 57.8 Å². The summed E-state index contributed by atoms with van der Waals surface area (Å²) in [5.74, 6) is 0.627. The van der Waals surface area contributed by atoms with Crippen molar-refractivity contribution >= 4 is 12.0 Å². The Morgan fingerprint density at radius 1 is 1.70 bits per heavy atom. The van der Waals surface area contributed by atoms with Gasteiger partial charge in [-0.2, -0.15) is 9.98 Å². The molecule has 1 aromatic rings. The molecule has 10 heavy (non-hydrogen) atoms. The number of aryl methyl sites for hydroxylation is 1. The molecule has 0 atom stereocenters. The molecule has 1 heterocycles. The molecule has 0 aliphatic heterocycles. The van der Waals surface area contributed by atoms with Crippen LogP contribution in [0.4, 0.5) is 6.01 Å². The number of nitrogens with zero attached hydrogens (tertiary/aromatic N) is 2.